The molecule has 5 heteroatoms. The topological polar surface area (TPSA) is 61.7 Å². The summed E-state index contributed by atoms with van der Waals surface area (Å²) in [6.45, 7) is 0.281. The maximum absolute atomic E-state index is 8.88. The van der Waals surface area contributed by atoms with Crippen molar-refractivity contribution in [3.8, 4) is 5.75 Å². The molecule has 3 N–H and O–H groups in total. The van der Waals surface area contributed by atoms with E-state index in [9.17, 15) is 0 Å². The quantitative estimate of drug-likeness (QED) is 0.694. The molecule has 0 bridgehead atoms. The third kappa shape index (κ3) is 3.64. The van der Waals surface area contributed by atoms with Gasteiger partial charge in [0.2, 0.25) is 0 Å². The van der Waals surface area contributed by atoms with Gasteiger partial charge in [-0.05, 0) is 17.7 Å². The molecular formula is C11H16ClNO3. The van der Waals surface area contributed by atoms with E-state index in [2.05, 4.69) is 5.32 Å². The van der Waals surface area contributed by atoms with Crippen LogP contribution in [-0.4, -0.2) is 36.6 Å². The Kier molecular flexibility index (Phi) is 5.55. The van der Waals surface area contributed by atoms with Crippen LogP contribution in [0.3, 0.4) is 0 Å². The van der Waals surface area contributed by atoms with Gasteiger partial charge in [-0.3, -0.25) is 0 Å². The van der Waals surface area contributed by atoms with Crippen LogP contribution in [0.15, 0.2) is 18.2 Å². The summed E-state index contributed by atoms with van der Waals surface area (Å²) in [6.07, 6.45) is 0. The average Bonchev–Trinajstić information content (AvgIpc) is 2.32. The highest BCUT2D eigenvalue weighted by Crippen LogP contribution is 2.22. The van der Waals surface area contributed by atoms with E-state index in [-0.39, 0.29) is 19.3 Å². The second kappa shape index (κ2) is 6.70. The average molecular weight is 246 g/mol. The lowest BCUT2D eigenvalue weighted by molar-refractivity contribution is 0.170. The first-order valence-electron chi connectivity index (χ1n) is 4.98. The van der Waals surface area contributed by atoms with Crippen molar-refractivity contribution in [1.29, 1.82) is 0 Å². The van der Waals surface area contributed by atoms with Gasteiger partial charge in [0, 0.05) is 11.6 Å². The van der Waals surface area contributed by atoms with Gasteiger partial charge in [-0.2, -0.15) is 0 Å². The molecule has 0 fully saturated rings. The van der Waals surface area contributed by atoms with Crippen molar-refractivity contribution in [3.63, 3.8) is 0 Å². The second-order valence-electron chi connectivity index (χ2n) is 3.40. The summed E-state index contributed by atoms with van der Waals surface area (Å²) in [6, 6.07) is 5.07. The lowest BCUT2D eigenvalue weighted by Crippen LogP contribution is -2.35. The van der Waals surface area contributed by atoms with Gasteiger partial charge in [0.15, 0.2) is 0 Å². The van der Waals surface area contributed by atoms with E-state index in [1.54, 1.807) is 13.2 Å². The molecule has 0 aromatic heterocycles. The van der Waals surface area contributed by atoms with E-state index in [4.69, 9.17) is 26.6 Å². The van der Waals surface area contributed by atoms with Gasteiger partial charge in [0.05, 0.1) is 26.4 Å². The predicted molar refractivity (Wildman–Crippen MR) is 62.8 cm³/mol. The zero-order chi connectivity index (χ0) is 12.0. The van der Waals surface area contributed by atoms with Gasteiger partial charge in [-0.1, -0.05) is 17.7 Å². The van der Waals surface area contributed by atoms with Crippen molar-refractivity contribution in [3.05, 3.63) is 28.8 Å². The standard InChI is InChI=1S/C11H16ClNO3/c1-16-10-3-2-8(11(12)4-10)5-13-9(6-14)7-15/h2-4,9,13-15H,5-7H2,1H3. The van der Waals surface area contributed by atoms with Crippen LogP contribution in [0.2, 0.25) is 5.02 Å². The fraction of sp³-hybridized carbons (Fsp3) is 0.455. The fourth-order valence-corrected chi connectivity index (χ4v) is 1.48. The van der Waals surface area contributed by atoms with Crippen molar-refractivity contribution in [2.45, 2.75) is 12.6 Å². The van der Waals surface area contributed by atoms with Gasteiger partial charge in [0.1, 0.15) is 5.75 Å². The summed E-state index contributed by atoms with van der Waals surface area (Å²) in [5, 5.41) is 21.3. The Labute approximate surface area is 99.8 Å². The summed E-state index contributed by atoms with van der Waals surface area (Å²) < 4.78 is 5.03. The minimum absolute atomic E-state index is 0.107. The molecule has 0 aliphatic rings. The number of hydrogen-bond acceptors (Lipinski definition) is 4. The SMILES string of the molecule is COc1ccc(CNC(CO)CO)c(Cl)c1. The van der Waals surface area contributed by atoms with E-state index >= 15 is 0 Å². The molecular weight excluding hydrogens is 230 g/mol. The number of benzene rings is 1. The number of hydrogen-bond donors (Lipinski definition) is 3. The van der Waals surface area contributed by atoms with Crippen LogP contribution in [0.5, 0.6) is 5.75 Å². The van der Waals surface area contributed by atoms with E-state index in [0.29, 0.717) is 17.3 Å². The first-order chi connectivity index (χ1) is 7.71. The number of methoxy groups -OCH3 is 1. The number of aliphatic hydroxyl groups excluding tert-OH is 2. The smallest absolute Gasteiger partial charge is 0.120 e. The number of halogens is 1. The first-order valence-corrected chi connectivity index (χ1v) is 5.36. The minimum Gasteiger partial charge on any atom is -0.497 e. The Balaban J connectivity index is 2.60. The highest BCUT2D eigenvalue weighted by Gasteiger charge is 2.07. The third-order valence-corrected chi connectivity index (χ3v) is 2.63. The van der Waals surface area contributed by atoms with Gasteiger partial charge in [-0.25, -0.2) is 0 Å². The molecule has 0 saturated carbocycles. The maximum atomic E-state index is 8.88. The number of aliphatic hydroxyl groups is 2. The number of nitrogens with one attached hydrogen (secondary N) is 1. The van der Waals surface area contributed by atoms with Crippen LogP contribution < -0.4 is 10.1 Å². The van der Waals surface area contributed by atoms with Crippen LogP contribution in [0.1, 0.15) is 5.56 Å². The van der Waals surface area contributed by atoms with Crippen LogP contribution in [-0.2, 0) is 6.54 Å². The molecule has 90 valence electrons. The van der Waals surface area contributed by atoms with Crippen LogP contribution in [0.4, 0.5) is 0 Å². The molecule has 0 amide bonds. The Morgan fingerprint density at radius 1 is 1.38 bits per heavy atom. The van der Waals surface area contributed by atoms with E-state index in [0.717, 1.165) is 5.56 Å². The van der Waals surface area contributed by atoms with Crippen molar-refractivity contribution < 1.29 is 14.9 Å². The minimum atomic E-state index is -0.321. The molecule has 0 unspecified atom stereocenters. The fourth-order valence-electron chi connectivity index (χ4n) is 1.24. The number of rotatable bonds is 6. The normalized spacial score (nSPS) is 10.8. The Hall–Kier alpha value is -0.810. The molecule has 4 nitrogen and oxygen atoms in total. The molecule has 0 aliphatic carbocycles. The molecule has 16 heavy (non-hydrogen) atoms. The highest BCUT2D eigenvalue weighted by atomic mass is 35.5. The van der Waals surface area contributed by atoms with Gasteiger partial charge in [0.25, 0.3) is 0 Å². The summed E-state index contributed by atoms with van der Waals surface area (Å²) in [7, 11) is 1.58. The highest BCUT2D eigenvalue weighted by molar-refractivity contribution is 6.31. The van der Waals surface area contributed by atoms with Crippen LogP contribution in [0, 0.1) is 0 Å². The predicted octanol–water partition coefficient (Wildman–Crippen LogP) is 0.791. The van der Waals surface area contributed by atoms with E-state index in [1.165, 1.54) is 0 Å². The maximum Gasteiger partial charge on any atom is 0.120 e. The summed E-state index contributed by atoms with van der Waals surface area (Å²) in [4.78, 5) is 0. The molecule has 0 atom stereocenters. The van der Waals surface area contributed by atoms with Gasteiger partial charge >= 0.3 is 0 Å². The molecule has 0 saturated heterocycles. The first kappa shape index (κ1) is 13.3. The summed E-state index contributed by atoms with van der Waals surface area (Å²) in [5.74, 6) is 0.703. The van der Waals surface area contributed by atoms with E-state index < -0.39 is 0 Å². The second-order valence-corrected chi connectivity index (χ2v) is 3.81. The van der Waals surface area contributed by atoms with Crippen LogP contribution in [0.25, 0.3) is 0 Å². The number of ether oxygens (including phenoxy) is 1. The molecule has 0 radical (unpaired) electrons. The monoisotopic (exact) mass is 245 g/mol. The largest absolute Gasteiger partial charge is 0.497 e. The molecule has 0 heterocycles. The molecule has 1 aromatic carbocycles. The van der Waals surface area contributed by atoms with Crippen molar-refractivity contribution in [1.82, 2.24) is 5.32 Å². The zero-order valence-electron chi connectivity index (χ0n) is 9.11. The van der Waals surface area contributed by atoms with Crippen molar-refractivity contribution >= 4 is 11.6 Å². The van der Waals surface area contributed by atoms with Crippen molar-refractivity contribution in [2.24, 2.45) is 0 Å². The molecule has 1 rings (SSSR count). The Morgan fingerprint density at radius 2 is 2.06 bits per heavy atom. The van der Waals surface area contributed by atoms with E-state index in [1.807, 2.05) is 12.1 Å². The Morgan fingerprint density at radius 3 is 2.56 bits per heavy atom. The lowest BCUT2D eigenvalue weighted by Gasteiger charge is -2.14. The van der Waals surface area contributed by atoms with Gasteiger partial charge < -0.3 is 20.3 Å². The summed E-state index contributed by atoms with van der Waals surface area (Å²) in [5.41, 5.74) is 0.898. The van der Waals surface area contributed by atoms with Crippen LogP contribution >= 0.6 is 11.6 Å². The zero-order valence-corrected chi connectivity index (χ0v) is 9.87. The molecule has 1 aromatic rings. The molecule has 0 spiro atoms. The lowest BCUT2D eigenvalue weighted by atomic mass is 10.2. The van der Waals surface area contributed by atoms with Gasteiger partial charge in [-0.15, -0.1) is 0 Å². The Bertz CT molecular complexity index is 329. The summed E-state index contributed by atoms with van der Waals surface area (Å²) >= 11 is 6.03. The third-order valence-electron chi connectivity index (χ3n) is 2.28. The molecule has 0 aliphatic heterocycles. The van der Waals surface area contributed by atoms with Crippen molar-refractivity contribution in [2.75, 3.05) is 20.3 Å².